The second-order valence-electron chi connectivity index (χ2n) is 5.46. The average molecular weight is 357 g/mol. The monoisotopic (exact) mass is 356 g/mol. The summed E-state index contributed by atoms with van der Waals surface area (Å²) in [7, 11) is 0. The summed E-state index contributed by atoms with van der Waals surface area (Å²) in [5.74, 6) is -0.271. The predicted molar refractivity (Wildman–Crippen MR) is 96.0 cm³/mol. The normalized spacial score (nSPS) is 11.2. The van der Waals surface area contributed by atoms with E-state index in [2.05, 4.69) is 20.7 Å². The Labute approximate surface area is 149 Å². The molecule has 0 radical (unpaired) electrons. The Morgan fingerprint density at radius 1 is 1.28 bits per heavy atom. The summed E-state index contributed by atoms with van der Waals surface area (Å²) in [6.45, 7) is 3.82. The van der Waals surface area contributed by atoms with Gasteiger partial charge < -0.3 is 0 Å². The lowest BCUT2D eigenvalue weighted by atomic mass is 10.3. The van der Waals surface area contributed by atoms with Gasteiger partial charge in [0.2, 0.25) is 0 Å². The van der Waals surface area contributed by atoms with E-state index in [4.69, 9.17) is 11.6 Å². The SMILES string of the molecule is Cc1nn(-c2ccccc2)c(Cl)c1/C=N/NC(=O)Cn1nccc1C. The van der Waals surface area contributed by atoms with Crippen molar-refractivity contribution in [1.29, 1.82) is 0 Å². The lowest BCUT2D eigenvalue weighted by Crippen LogP contribution is -2.24. The fraction of sp³-hybridized carbons (Fsp3) is 0.176. The molecule has 1 N–H and O–H groups in total. The molecule has 3 aromatic rings. The molecule has 0 aliphatic heterocycles. The van der Waals surface area contributed by atoms with Crippen molar-refractivity contribution in [3.63, 3.8) is 0 Å². The largest absolute Gasteiger partial charge is 0.271 e. The molecular formula is C17H17ClN6O. The Morgan fingerprint density at radius 2 is 2.04 bits per heavy atom. The van der Waals surface area contributed by atoms with E-state index < -0.39 is 0 Å². The number of benzene rings is 1. The maximum Gasteiger partial charge on any atom is 0.261 e. The number of carbonyl (C=O) groups excluding carboxylic acids is 1. The van der Waals surface area contributed by atoms with Gasteiger partial charge in [-0.15, -0.1) is 0 Å². The van der Waals surface area contributed by atoms with Crippen molar-refractivity contribution in [2.24, 2.45) is 5.10 Å². The van der Waals surface area contributed by atoms with Crippen LogP contribution in [-0.2, 0) is 11.3 Å². The van der Waals surface area contributed by atoms with E-state index in [1.165, 1.54) is 6.21 Å². The minimum atomic E-state index is -0.271. The summed E-state index contributed by atoms with van der Waals surface area (Å²) in [6.07, 6.45) is 3.14. The van der Waals surface area contributed by atoms with Crippen LogP contribution in [0.3, 0.4) is 0 Å². The number of para-hydroxylation sites is 1. The van der Waals surface area contributed by atoms with Crippen molar-refractivity contribution in [1.82, 2.24) is 25.0 Å². The van der Waals surface area contributed by atoms with Crippen molar-refractivity contribution in [3.05, 3.63) is 64.7 Å². The van der Waals surface area contributed by atoms with E-state index in [1.807, 2.05) is 50.2 Å². The molecule has 0 aliphatic rings. The first kappa shape index (κ1) is 16.9. The third-order valence-electron chi connectivity index (χ3n) is 3.65. The van der Waals surface area contributed by atoms with Crippen molar-refractivity contribution in [3.8, 4) is 5.69 Å². The molecule has 1 amide bonds. The molecule has 1 aromatic carbocycles. The van der Waals surface area contributed by atoms with Gasteiger partial charge in [0, 0.05) is 11.9 Å². The minimum Gasteiger partial charge on any atom is -0.271 e. The first-order valence-electron chi connectivity index (χ1n) is 7.67. The molecule has 0 fully saturated rings. The Bertz CT molecular complexity index is 913. The van der Waals surface area contributed by atoms with Crippen LogP contribution in [0.1, 0.15) is 17.0 Å². The fourth-order valence-corrected chi connectivity index (χ4v) is 2.62. The Hall–Kier alpha value is -2.93. The zero-order valence-electron chi connectivity index (χ0n) is 13.8. The number of hydrogen-bond donors (Lipinski definition) is 1. The zero-order chi connectivity index (χ0) is 17.8. The number of nitrogens with one attached hydrogen (secondary N) is 1. The van der Waals surface area contributed by atoms with E-state index in [0.29, 0.717) is 10.7 Å². The first-order chi connectivity index (χ1) is 12.1. The minimum absolute atomic E-state index is 0.103. The summed E-state index contributed by atoms with van der Waals surface area (Å²) < 4.78 is 3.23. The standard InChI is InChI=1S/C17H17ClN6O/c1-12-8-9-20-23(12)11-16(25)21-19-10-15-13(2)22-24(17(15)18)14-6-4-3-5-7-14/h3-10H,11H2,1-2H3,(H,21,25)/b19-10+. The van der Waals surface area contributed by atoms with Crippen molar-refractivity contribution < 1.29 is 4.79 Å². The van der Waals surface area contributed by atoms with E-state index >= 15 is 0 Å². The second kappa shape index (κ2) is 7.31. The van der Waals surface area contributed by atoms with Gasteiger partial charge in [0.15, 0.2) is 0 Å². The number of aromatic nitrogens is 4. The van der Waals surface area contributed by atoms with Crippen LogP contribution in [0.4, 0.5) is 0 Å². The van der Waals surface area contributed by atoms with Gasteiger partial charge in [0.1, 0.15) is 11.7 Å². The highest BCUT2D eigenvalue weighted by Gasteiger charge is 2.13. The molecule has 0 unspecified atom stereocenters. The van der Waals surface area contributed by atoms with E-state index in [-0.39, 0.29) is 12.5 Å². The summed E-state index contributed by atoms with van der Waals surface area (Å²) in [6, 6.07) is 11.4. The van der Waals surface area contributed by atoms with Crippen LogP contribution in [0.2, 0.25) is 5.15 Å². The molecule has 7 nitrogen and oxygen atoms in total. The summed E-state index contributed by atoms with van der Waals surface area (Å²) in [4.78, 5) is 11.9. The molecule has 0 bridgehead atoms. The molecule has 3 rings (SSSR count). The highest BCUT2D eigenvalue weighted by atomic mass is 35.5. The van der Waals surface area contributed by atoms with Crippen molar-refractivity contribution in [2.75, 3.05) is 0 Å². The van der Waals surface area contributed by atoms with Crippen LogP contribution in [0, 0.1) is 13.8 Å². The lowest BCUT2D eigenvalue weighted by molar-refractivity contribution is -0.121. The van der Waals surface area contributed by atoms with Crippen LogP contribution in [0.5, 0.6) is 0 Å². The molecule has 8 heteroatoms. The third kappa shape index (κ3) is 3.77. The molecule has 2 aromatic heterocycles. The number of aryl methyl sites for hydroxylation is 2. The first-order valence-corrected chi connectivity index (χ1v) is 8.05. The summed E-state index contributed by atoms with van der Waals surface area (Å²) >= 11 is 6.40. The topological polar surface area (TPSA) is 77.1 Å². The van der Waals surface area contributed by atoms with Gasteiger partial charge in [0.25, 0.3) is 5.91 Å². The van der Waals surface area contributed by atoms with Gasteiger partial charge in [-0.25, -0.2) is 10.1 Å². The molecule has 0 saturated carbocycles. The maximum atomic E-state index is 11.9. The average Bonchev–Trinajstić information content (AvgIpc) is 3.13. The van der Waals surface area contributed by atoms with Gasteiger partial charge in [-0.3, -0.25) is 9.48 Å². The van der Waals surface area contributed by atoms with Crippen LogP contribution in [0.25, 0.3) is 5.69 Å². The zero-order valence-corrected chi connectivity index (χ0v) is 14.6. The smallest absolute Gasteiger partial charge is 0.261 e. The summed E-state index contributed by atoms with van der Waals surface area (Å²) in [5.41, 5.74) is 5.61. The highest BCUT2D eigenvalue weighted by Crippen LogP contribution is 2.21. The fourth-order valence-electron chi connectivity index (χ4n) is 2.30. The van der Waals surface area contributed by atoms with Gasteiger partial charge in [-0.1, -0.05) is 29.8 Å². The quantitative estimate of drug-likeness (QED) is 0.563. The van der Waals surface area contributed by atoms with E-state index in [1.54, 1.807) is 15.6 Å². The molecular weight excluding hydrogens is 340 g/mol. The van der Waals surface area contributed by atoms with Gasteiger partial charge in [-0.05, 0) is 32.0 Å². The van der Waals surface area contributed by atoms with Crippen LogP contribution in [-0.4, -0.2) is 31.7 Å². The summed E-state index contributed by atoms with van der Waals surface area (Å²) in [5, 5.41) is 12.9. The van der Waals surface area contributed by atoms with Gasteiger partial charge in [0.05, 0.1) is 23.2 Å². The van der Waals surface area contributed by atoms with E-state index in [9.17, 15) is 4.79 Å². The molecule has 0 atom stereocenters. The molecule has 25 heavy (non-hydrogen) atoms. The number of halogens is 1. The number of hydrogen-bond acceptors (Lipinski definition) is 4. The van der Waals surface area contributed by atoms with Crippen LogP contribution < -0.4 is 5.43 Å². The Balaban J connectivity index is 1.70. The maximum absolute atomic E-state index is 11.9. The predicted octanol–water partition coefficient (Wildman–Crippen LogP) is 2.49. The Kier molecular flexibility index (Phi) is 4.95. The number of nitrogens with zero attached hydrogens (tertiary/aromatic N) is 5. The highest BCUT2D eigenvalue weighted by molar-refractivity contribution is 6.32. The lowest BCUT2D eigenvalue weighted by Gasteiger charge is -2.03. The molecule has 2 heterocycles. The molecule has 0 aliphatic carbocycles. The van der Waals surface area contributed by atoms with Gasteiger partial charge >= 0.3 is 0 Å². The molecule has 128 valence electrons. The molecule has 0 spiro atoms. The van der Waals surface area contributed by atoms with Crippen molar-refractivity contribution >= 4 is 23.7 Å². The van der Waals surface area contributed by atoms with E-state index in [0.717, 1.165) is 17.1 Å². The van der Waals surface area contributed by atoms with Crippen LogP contribution in [0.15, 0.2) is 47.7 Å². The number of carbonyl (C=O) groups is 1. The number of amides is 1. The van der Waals surface area contributed by atoms with Crippen LogP contribution >= 0.6 is 11.6 Å². The molecule has 0 saturated heterocycles. The Morgan fingerprint density at radius 3 is 2.72 bits per heavy atom. The second-order valence-corrected chi connectivity index (χ2v) is 5.82. The number of rotatable bonds is 5. The van der Waals surface area contributed by atoms with Crippen molar-refractivity contribution in [2.45, 2.75) is 20.4 Å². The number of hydrazone groups is 1. The third-order valence-corrected chi connectivity index (χ3v) is 4.02. The van der Waals surface area contributed by atoms with Gasteiger partial charge in [-0.2, -0.15) is 15.3 Å².